The number of benzene rings is 2. The van der Waals surface area contributed by atoms with E-state index < -0.39 is 22.9 Å². The number of alkyl halides is 3. The molecule has 2 aromatic carbocycles. The van der Waals surface area contributed by atoms with Crippen LogP contribution >= 0.6 is 0 Å². The van der Waals surface area contributed by atoms with E-state index in [2.05, 4.69) is 0 Å². The first kappa shape index (κ1) is 17.7. The second-order valence-electron chi connectivity index (χ2n) is 5.10. The third-order valence-electron chi connectivity index (χ3n) is 3.19. The topological polar surface area (TPSA) is 32.3 Å². The van der Waals surface area contributed by atoms with Gasteiger partial charge in [-0.15, -0.1) is 0 Å². The minimum atomic E-state index is -4.42. The summed E-state index contributed by atoms with van der Waals surface area (Å²) in [4.78, 5) is 0.649. The molecular weight excluding hydrogens is 325 g/mol. The Morgan fingerprint density at radius 3 is 2.43 bits per heavy atom. The zero-order valence-electron chi connectivity index (χ0n) is 12.8. The highest BCUT2D eigenvalue weighted by atomic mass is 32.2. The molecule has 6 heteroatoms. The summed E-state index contributed by atoms with van der Waals surface area (Å²) < 4.78 is 55.8. The zero-order chi connectivity index (χ0) is 17.0. The van der Waals surface area contributed by atoms with Gasteiger partial charge < -0.3 is 9.29 Å². The lowest BCUT2D eigenvalue weighted by Crippen LogP contribution is -2.08. The van der Waals surface area contributed by atoms with Crippen LogP contribution in [0.2, 0.25) is 0 Å². The Kier molecular flexibility index (Phi) is 5.59. The van der Waals surface area contributed by atoms with Crippen LogP contribution in [0.5, 0.6) is 11.5 Å². The molecule has 124 valence electrons. The fraction of sp³-hybridized carbons (Fsp3) is 0.294. The molecule has 0 bridgehead atoms. The highest BCUT2D eigenvalue weighted by Gasteiger charge is 2.30. The molecule has 2 rings (SSSR count). The summed E-state index contributed by atoms with van der Waals surface area (Å²) in [6, 6.07) is 9.72. The van der Waals surface area contributed by atoms with Crippen LogP contribution in [0, 0.1) is 6.92 Å². The molecule has 1 unspecified atom stereocenters. The maximum atomic E-state index is 12.7. The van der Waals surface area contributed by atoms with E-state index in [1.807, 2.05) is 13.8 Å². The second-order valence-corrected chi connectivity index (χ2v) is 6.64. The molecule has 2 aromatic rings. The van der Waals surface area contributed by atoms with E-state index in [1.165, 1.54) is 12.1 Å². The monoisotopic (exact) mass is 342 g/mol. The number of halogens is 3. The van der Waals surface area contributed by atoms with Crippen LogP contribution in [0.15, 0.2) is 47.4 Å². The zero-order valence-corrected chi connectivity index (χ0v) is 13.6. The Hall–Kier alpha value is -1.66. The third-order valence-corrected chi connectivity index (χ3v) is 4.90. The van der Waals surface area contributed by atoms with Gasteiger partial charge in [-0.2, -0.15) is 13.2 Å². The van der Waals surface area contributed by atoms with Gasteiger partial charge in [0.15, 0.2) is 4.90 Å². The quantitative estimate of drug-likeness (QED) is 0.689. The van der Waals surface area contributed by atoms with Crippen molar-refractivity contribution >= 4 is 11.2 Å². The lowest BCUT2D eigenvalue weighted by atomic mass is 10.2. The van der Waals surface area contributed by atoms with Crippen molar-refractivity contribution in [2.45, 2.75) is 31.3 Å². The number of aryl methyl sites for hydroxylation is 1. The van der Waals surface area contributed by atoms with E-state index in [1.54, 1.807) is 18.2 Å². The summed E-state index contributed by atoms with van der Waals surface area (Å²) in [5.41, 5.74) is 0.102. The van der Waals surface area contributed by atoms with Crippen LogP contribution < -0.4 is 4.74 Å². The Morgan fingerprint density at radius 1 is 1.09 bits per heavy atom. The van der Waals surface area contributed by atoms with Gasteiger partial charge in [-0.25, -0.2) is 0 Å². The first-order valence-corrected chi connectivity index (χ1v) is 8.47. The summed E-state index contributed by atoms with van der Waals surface area (Å²) >= 11 is -1.14. The van der Waals surface area contributed by atoms with Gasteiger partial charge in [0, 0.05) is 11.6 Å². The van der Waals surface area contributed by atoms with Crippen LogP contribution in [0.4, 0.5) is 13.2 Å². The lowest BCUT2D eigenvalue weighted by molar-refractivity contribution is -0.137. The Bertz CT molecular complexity index is 671. The standard InChI is InChI=1S/C17H17F3O2S/c1-3-9-23(21)16-11-15(8-7-12(16)2)22-14-6-4-5-13(10-14)17(18,19)20/h4-8,10-11H,3,9H2,1-2H3. The van der Waals surface area contributed by atoms with Gasteiger partial charge in [0.2, 0.25) is 0 Å². The highest BCUT2D eigenvalue weighted by molar-refractivity contribution is 7.91. The first-order chi connectivity index (χ1) is 10.8. The number of hydrogen-bond donors (Lipinski definition) is 0. The fourth-order valence-electron chi connectivity index (χ4n) is 2.06. The van der Waals surface area contributed by atoms with E-state index in [0.717, 1.165) is 24.1 Å². The van der Waals surface area contributed by atoms with Crippen LogP contribution in [0.25, 0.3) is 0 Å². The molecule has 2 nitrogen and oxygen atoms in total. The minimum Gasteiger partial charge on any atom is -0.611 e. The molecule has 23 heavy (non-hydrogen) atoms. The first-order valence-electron chi connectivity index (χ1n) is 7.15. The number of rotatable bonds is 5. The summed E-state index contributed by atoms with van der Waals surface area (Å²) in [7, 11) is 0. The van der Waals surface area contributed by atoms with Crippen molar-refractivity contribution in [3.8, 4) is 11.5 Å². The van der Waals surface area contributed by atoms with Crippen LogP contribution in [0.1, 0.15) is 24.5 Å². The average molecular weight is 342 g/mol. The predicted octanol–water partition coefficient (Wildman–Crippen LogP) is 5.32. The molecule has 0 aliphatic heterocycles. The van der Waals surface area contributed by atoms with E-state index in [4.69, 9.17) is 4.74 Å². The molecule has 0 spiro atoms. The number of ether oxygens (including phenoxy) is 1. The average Bonchev–Trinajstić information content (AvgIpc) is 2.49. The molecule has 0 heterocycles. The molecule has 0 saturated carbocycles. The highest BCUT2D eigenvalue weighted by Crippen LogP contribution is 2.33. The molecule has 0 aromatic heterocycles. The van der Waals surface area contributed by atoms with E-state index in [9.17, 15) is 17.7 Å². The molecule has 0 saturated heterocycles. The Labute approximate surface area is 136 Å². The maximum Gasteiger partial charge on any atom is 0.416 e. The van der Waals surface area contributed by atoms with Crippen LogP contribution in [0.3, 0.4) is 0 Å². The van der Waals surface area contributed by atoms with Crippen LogP contribution in [-0.2, 0) is 17.4 Å². The van der Waals surface area contributed by atoms with Gasteiger partial charge in [-0.3, -0.25) is 0 Å². The van der Waals surface area contributed by atoms with E-state index in [0.29, 0.717) is 16.4 Å². The minimum absolute atomic E-state index is 0.0934. The van der Waals surface area contributed by atoms with E-state index >= 15 is 0 Å². The van der Waals surface area contributed by atoms with E-state index in [-0.39, 0.29) is 5.75 Å². The van der Waals surface area contributed by atoms with Crippen molar-refractivity contribution in [3.05, 3.63) is 53.6 Å². The molecule has 0 amide bonds. The van der Waals surface area contributed by atoms with Gasteiger partial charge in [0.1, 0.15) is 17.3 Å². The molecule has 1 atom stereocenters. The molecule has 0 aliphatic rings. The van der Waals surface area contributed by atoms with Gasteiger partial charge >= 0.3 is 6.18 Å². The largest absolute Gasteiger partial charge is 0.611 e. The van der Waals surface area contributed by atoms with Crippen molar-refractivity contribution in [2.24, 2.45) is 0 Å². The number of hydrogen-bond acceptors (Lipinski definition) is 2. The molecule has 0 radical (unpaired) electrons. The van der Waals surface area contributed by atoms with Crippen molar-refractivity contribution in [2.75, 3.05) is 5.75 Å². The maximum absolute atomic E-state index is 12.7. The molecular formula is C17H17F3O2S. The smallest absolute Gasteiger partial charge is 0.416 e. The van der Waals surface area contributed by atoms with Gasteiger partial charge in [-0.1, -0.05) is 19.1 Å². The van der Waals surface area contributed by atoms with Gasteiger partial charge in [0.25, 0.3) is 0 Å². The van der Waals surface area contributed by atoms with Crippen molar-refractivity contribution < 1.29 is 22.5 Å². The summed E-state index contributed by atoms with van der Waals surface area (Å²) in [6.07, 6.45) is -3.63. The summed E-state index contributed by atoms with van der Waals surface area (Å²) in [5, 5.41) is 0. The second kappa shape index (κ2) is 7.27. The van der Waals surface area contributed by atoms with Gasteiger partial charge in [0.05, 0.1) is 5.56 Å². The van der Waals surface area contributed by atoms with Crippen molar-refractivity contribution in [3.63, 3.8) is 0 Å². The third kappa shape index (κ3) is 4.65. The lowest BCUT2D eigenvalue weighted by Gasteiger charge is -2.14. The predicted molar refractivity (Wildman–Crippen MR) is 84.3 cm³/mol. The van der Waals surface area contributed by atoms with Crippen molar-refractivity contribution in [1.29, 1.82) is 0 Å². The molecule has 0 aliphatic carbocycles. The Morgan fingerprint density at radius 2 is 1.78 bits per heavy atom. The van der Waals surface area contributed by atoms with Crippen molar-refractivity contribution in [1.82, 2.24) is 0 Å². The van der Waals surface area contributed by atoms with Gasteiger partial charge in [-0.05, 0) is 48.8 Å². The molecule has 0 fully saturated rings. The summed E-state index contributed by atoms with van der Waals surface area (Å²) in [6.45, 7) is 3.78. The normalized spacial score (nSPS) is 13.0. The SMILES string of the molecule is CCC[S+]([O-])c1cc(Oc2cccc(C(F)(F)F)c2)ccc1C. The Balaban J connectivity index is 2.25. The molecule has 0 N–H and O–H groups in total. The van der Waals surface area contributed by atoms with Crippen LogP contribution in [-0.4, -0.2) is 10.3 Å². The fourth-order valence-corrected chi connectivity index (χ4v) is 3.32. The summed E-state index contributed by atoms with van der Waals surface area (Å²) in [5.74, 6) is 0.999.